The molecule has 0 bridgehead atoms. The van der Waals surface area contributed by atoms with Gasteiger partial charge in [0.2, 0.25) is 5.91 Å². The SMILES string of the molecule is CCO[C@@H]1C[C@H](N(C)CC(=O)NCC#N)C12CCCC2. The first-order valence-electron chi connectivity index (χ1n) is 7.59. The van der Waals surface area contributed by atoms with Crippen molar-refractivity contribution in [2.75, 3.05) is 26.7 Å². The Balaban J connectivity index is 1.92. The molecule has 1 amide bonds. The Morgan fingerprint density at radius 1 is 1.50 bits per heavy atom. The van der Waals surface area contributed by atoms with Crippen LogP contribution in [0.4, 0.5) is 0 Å². The molecule has 2 atom stereocenters. The monoisotopic (exact) mass is 279 g/mol. The van der Waals surface area contributed by atoms with E-state index in [1.165, 1.54) is 25.7 Å². The fourth-order valence-corrected chi connectivity index (χ4v) is 4.00. The summed E-state index contributed by atoms with van der Waals surface area (Å²) >= 11 is 0. The van der Waals surface area contributed by atoms with E-state index in [1.807, 2.05) is 13.1 Å². The van der Waals surface area contributed by atoms with Crippen LogP contribution in [0.25, 0.3) is 0 Å². The number of ether oxygens (including phenoxy) is 1. The van der Waals surface area contributed by atoms with Crippen LogP contribution in [-0.2, 0) is 9.53 Å². The number of hydrogen-bond donors (Lipinski definition) is 1. The molecule has 0 radical (unpaired) electrons. The minimum Gasteiger partial charge on any atom is -0.378 e. The number of nitriles is 1. The lowest BCUT2D eigenvalue weighted by molar-refractivity contribution is -0.163. The van der Waals surface area contributed by atoms with E-state index in [9.17, 15) is 4.79 Å². The number of carbonyl (C=O) groups excluding carboxylic acids is 1. The number of amides is 1. The van der Waals surface area contributed by atoms with Gasteiger partial charge < -0.3 is 10.1 Å². The van der Waals surface area contributed by atoms with Gasteiger partial charge in [0, 0.05) is 18.1 Å². The number of hydrogen-bond acceptors (Lipinski definition) is 4. The highest BCUT2D eigenvalue weighted by molar-refractivity contribution is 5.78. The zero-order chi connectivity index (χ0) is 14.6. The van der Waals surface area contributed by atoms with Crippen molar-refractivity contribution in [3.63, 3.8) is 0 Å². The van der Waals surface area contributed by atoms with Gasteiger partial charge in [0.25, 0.3) is 0 Å². The van der Waals surface area contributed by atoms with E-state index >= 15 is 0 Å². The van der Waals surface area contributed by atoms with Gasteiger partial charge in [-0.05, 0) is 33.2 Å². The van der Waals surface area contributed by atoms with E-state index in [0.29, 0.717) is 18.7 Å². The predicted octanol–water partition coefficient (Wildman–Crippen LogP) is 1.30. The number of nitrogens with zero attached hydrogens (tertiary/aromatic N) is 2. The van der Waals surface area contributed by atoms with Crippen molar-refractivity contribution < 1.29 is 9.53 Å². The molecule has 0 aliphatic heterocycles. The van der Waals surface area contributed by atoms with Crippen molar-refractivity contribution in [2.45, 2.75) is 51.2 Å². The van der Waals surface area contributed by atoms with Gasteiger partial charge in [-0.15, -0.1) is 0 Å². The molecule has 5 heteroatoms. The molecule has 2 aliphatic rings. The minimum atomic E-state index is -0.0675. The highest BCUT2D eigenvalue weighted by Gasteiger charge is 2.57. The molecule has 0 saturated heterocycles. The molecular weight excluding hydrogens is 254 g/mol. The van der Waals surface area contributed by atoms with Crippen LogP contribution in [-0.4, -0.2) is 49.7 Å². The van der Waals surface area contributed by atoms with E-state index in [4.69, 9.17) is 10.00 Å². The van der Waals surface area contributed by atoms with Gasteiger partial charge in [-0.3, -0.25) is 9.69 Å². The van der Waals surface area contributed by atoms with Crippen LogP contribution in [0.2, 0.25) is 0 Å². The highest BCUT2D eigenvalue weighted by Crippen LogP contribution is 2.56. The Labute approximate surface area is 121 Å². The fourth-order valence-electron chi connectivity index (χ4n) is 4.00. The summed E-state index contributed by atoms with van der Waals surface area (Å²) < 4.78 is 5.90. The molecule has 1 N–H and O–H groups in total. The molecule has 5 nitrogen and oxygen atoms in total. The molecular formula is C15H25N3O2. The van der Waals surface area contributed by atoms with E-state index in [-0.39, 0.29) is 17.9 Å². The van der Waals surface area contributed by atoms with Gasteiger partial charge in [-0.2, -0.15) is 5.26 Å². The second-order valence-electron chi connectivity index (χ2n) is 5.99. The Kier molecular flexibility index (Phi) is 5.00. The second kappa shape index (κ2) is 6.55. The summed E-state index contributed by atoms with van der Waals surface area (Å²) in [7, 11) is 2.01. The van der Waals surface area contributed by atoms with Gasteiger partial charge >= 0.3 is 0 Å². The largest absolute Gasteiger partial charge is 0.378 e. The standard InChI is InChI=1S/C15H25N3O2/c1-3-20-13-10-12(15(13)6-4-5-7-15)18(2)11-14(19)17-9-8-16/h12-13H,3-7,9-11H2,1-2H3,(H,17,19)/t12-,13+/m0/s1. The summed E-state index contributed by atoms with van der Waals surface area (Å²) in [6, 6.07) is 2.37. The van der Waals surface area contributed by atoms with Crippen molar-refractivity contribution in [3.05, 3.63) is 0 Å². The van der Waals surface area contributed by atoms with Crippen LogP contribution in [0.3, 0.4) is 0 Å². The lowest BCUT2D eigenvalue weighted by Crippen LogP contribution is -2.63. The smallest absolute Gasteiger partial charge is 0.235 e. The van der Waals surface area contributed by atoms with Crippen LogP contribution >= 0.6 is 0 Å². The summed E-state index contributed by atoms with van der Waals surface area (Å²) in [5.74, 6) is -0.0675. The molecule has 0 heterocycles. The summed E-state index contributed by atoms with van der Waals surface area (Å²) in [5.41, 5.74) is 0.264. The normalized spacial score (nSPS) is 27.3. The fraction of sp³-hybridized carbons (Fsp3) is 0.867. The molecule has 0 unspecified atom stereocenters. The zero-order valence-corrected chi connectivity index (χ0v) is 12.5. The summed E-state index contributed by atoms with van der Waals surface area (Å²) in [5, 5.41) is 11.1. The summed E-state index contributed by atoms with van der Waals surface area (Å²) in [4.78, 5) is 13.9. The molecule has 2 fully saturated rings. The van der Waals surface area contributed by atoms with Gasteiger partial charge in [0.15, 0.2) is 0 Å². The number of likely N-dealkylation sites (N-methyl/N-ethyl adjacent to an activating group) is 1. The number of carbonyl (C=O) groups is 1. The molecule has 0 aromatic rings. The van der Waals surface area contributed by atoms with Gasteiger partial charge in [-0.25, -0.2) is 0 Å². The van der Waals surface area contributed by atoms with E-state index in [0.717, 1.165) is 13.0 Å². The average Bonchev–Trinajstić information content (AvgIpc) is 2.92. The van der Waals surface area contributed by atoms with Crippen molar-refractivity contribution in [1.82, 2.24) is 10.2 Å². The summed E-state index contributed by atoms with van der Waals surface area (Å²) in [6.07, 6.45) is 6.36. The first-order chi connectivity index (χ1) is 9.64. The molecule has 2 saturated carbocycles. The van der Waals surface area contributed by atoms with Crippen LogP contribution in [0.5, 0.6) is 0 Å². The third-order valence-corrected chi connectivity index (χ3v) is 4.93. The van der Waals surface area contributed by atoms with Crippen molar-refractivity contribution in [2.24, 2.45) is 5.41 Å². The van der Waals surface area contributed by atoms with Gasteiger partial charge in [0.1, 0.15) is 6.54 Å². The quantitative estimate of drug-likeness (QED) is 0.744. The molecule has 2 rings (SSSR count). The minimum absolute atomic E-state index is 0.0675. The molecule has 2 aliphatic carbocycles. The van der Waals surface area contributed by atoms with Crippen molar-refractivity contribution in [1.29, 1.82) is 5.26 Å². The predicted molar refractivity (Wildman–Crippen MR) is 76.0 cm³/mol. The maximum atomic E-state index is 11.7. The number of nitrogens with one attached hydrogen (secondary N) is 1. The van der Waals surface area contributed by atoms with Crippen molar-refractivity contribution >= 4 is 5.91 Å². The zero-order valence-electron chi connectivity index (χ0n) is 12.5. The van der Waals surface area contributed by atoms with Crippen LogP contribution < -0.4 is 5.32 Å². The van der Waals surface area contributed by atoms with Crippen LogP contribution in [0.15, 0.2) is 0 Å². The Hall–Kier alpha value is -1.12. The Bertz CT molecular complexity index is 385. The topological polar surface area (TPSA) is 65.4 Å². The summed E-state index contributed by atoms with van der Waals surface area (Å²) in [6.45, 7) is 3.28. The van der Waals surface area contributed by atoms with E-state index < -0.39 is 0 Å². The maximum Gasteiger partial charge on any atom is 0.235 e. The first-order valence-corrected chi connectivity index (χ1v) is 7.59. The lowest BCUT2D eigenvalue weighted by atomic mass is 9.60. The number of rotatable bonds is 6. The lowest BCUT2D eigenvalue weighted by Gasteiger charge is -2.57. The molecule has 0 aromatic heterocycles. The van der Waals surface area contributed by atoms with Crippen LogP contribution in [0, 0.1) is 16.7 Å². The Morgan fingerprint density at radius 2 is 2.20 bits per heavy atom. The molecule has 0 aromatic carbocycles. The van der Waals surface area contributed by atoms with E-state index in [1.54, 1.807) is 0 Å². The molecule has 1 spiro atoms. The van der Waals surface area contributed by atoms with Gasteiger partial charge in [-0.1, -0.05) is 12.8 Å². The third-order valence-electron chi connectivity index (χ3n) is 4.93. The second-order valence-corrected chi connectivity index (χ2v) is 5.99. The van der Waals surface area contributed by atoms with Crippen molar-refractivity contribution in [3.8, 4) is 6.07 Å². The van der Waals surface area contributed by atoms with E-state index in [2.05, 4.69) is 17.1 Å². The first kappa shape index (κ1) is 15.3. The average molecular weight is 279 g/mol. The Morgan fingerprint density at radius 3 is 2.80 bits per heavy atom. The van der Waals surface area contributed by atoms with Crippen LogP contribution in [0.1, 0.15) is 39.0 Å². The van der Waals surface area contributed by atoms with Gasteiger partial charge in [0.05, 0.1) is 18.7 Å². The highest BCUT2D eigenvalue weighted by atomic mass is 16.5. The third kappa shape index (κ3) is 2.82. The maximum absolute atomic E-state index is 11.7. The molecule has 20 heavy (non-hydrogen) atoms. The molecule has 112 valence electrons.